The summed E-state index contributed by atoms with van der Waals surface area (Å²) >= 11 is 0. The van der Waals surface area contributed by atoms with Crippen LogP contribution in [0.1, 0.15) is 16.2 Å². The van der Waals surface area contributed by atoms with E-state index in [0.29, 0.717) is 12.1 Å². The zero-order valence-electron chi connectivity index (χ0n) is 11.1. The summed E-state index contributed by atoms with van der Waals surface area (Å²) in [6, 6.07) is 9.44. The topological polar surface area (TPSA) is 61.9 Å². The number of aromatic nitrogens is 3. The van der Waals surface area contributed by atoms with Crippen LogP contribution in [-0.2, 0) is 6.54 Å². The summed E-state index contributed by atoms with van der Waals surface area (Å²) in [4.78, 5) is 25.6. The second kappa shape index (κ2) is 5.13. The molecule has 0 radical (unpaired) electrons. The first kappa shape index (κ1) is 12.3. The fraction of sp³-hybridized carbons (Fsp3) is 0.133. The van der Waals surface area contributed by atoms with Gasteiger partial charge in [-0.15, -0.1) is 0 Å². The molecule has 0 aliphatic rings. The molecule has 1 aromatic carbocycles. The predicted molar refractivity (Wildman–Crippen MR) is 76.1 cm³/mol. The van der Waals surface area contributed by atoms with Gasteiger partial charge in [0.15, 0.2) is 0 Å². The molecule has 0 atom stereocenters. The summed E-state index contributed by atoms with van der Waals surface area (Å²) < 4.78 is 0. The number of H-pyrrole nitrogens is 1. The first-order chi connectivity index (χ1) is 9.75. The zero-order valence-corrected chi connectivity index (χ0v) is 11.1. The summed E-state index contributed by atoms with van der Waals surface area (Å²) in [5.41, 5.74) is 1.34. The van der Waals surface area contributed by atoms with E-state index in [4.69, 9.17) is 0 Å². The van der Waals surface area contributed by atoms with E-state index in [2.05, 4.69) is 15.0 Å². The number of hydrogen-bond acceptors (Lipinski definition) is 3. The van der Waals surface area contributed by atoms with Gasteiger partial charge in [0.2, 0.25) is 0 Å². The quantitative estimate of drug-likeness (QED) is 0.790. The Balaban J connectivity index is 1.92. The van der Waals surface area contributed by atoms with E-state index >= 15 is 0 Å². The molecule has 20 heavy (non-hydrogen) atoms. The molecule has 0 aliphatic carbocycles. The lowest BCUT2D eigenvalue weighted by molar-refractivity contribution is 0.0783. The largest absolute Gasteiger partial charge is 0.347 e. The second-order valence-electron chi connectivity index (χ2n) is 4.58. The Morgan fingerprint density at radius 2 is 2.05 bits per heavy atom. The van der Waals surface area contributed by atoms with Gasteiger partial charge in [-0.3, -0.25) is 9.78 Å². The van der Waals surface area contributed by atoms with Gasteiger partial charge in [-0.05, 0) is 12.1 Å². The maximum atomic E-state index is 12.5. The molecule has 0 saturated carbocycles. The van der Waals surface area contributed by atoms with Gasteiger partial charge in [-0.25, -0.2) is 4.98 Å². The van der Waals surface area contributed by atoms with Crippen LogP contribution in [0.4, 0.5) is 0 Å². The maximum Gasteiger partial charge on any atom is 0.256 e. The van der Waals surface area contributed by atoms with Crippen molar-refractivity contribution in [3.63, 3.8) is 0 Å². The summed E-state index contributed by atoms with van der Waals surface area (Å²) in [7, 11) is 1.76. The molecule has 3 aromatic rings. The minimum absolute atomic E-state index is 0.0642. The molecular formula is C15H14N4O. The molecule has 100 valence electrons. The molecule has 0 saturated heterocycles. The highest BCUT2D eigenvalue weighted by Crippen LogP contribution is 2.17. The summed E-state index contributed by atoms with van der Waals surface area (Å²) in [5.74, 6) is 0.694. The average Bonchev–Trinajstić information content (AvgIpc) is 2.99. The van der Waals surface area contributed by atoms with Gasteiger partial charge >= 0.3 is 0 Å². The Morgan fingerprint density at radius 1 is 1.20 bits per heavy atom. The number of nitrogens with zero attached hydrogens (tertiary/aromatic N) is 3. The Kier molecular flexibility index (Phi) is 3.16. The highest BCUT2D eigenvalue weighted by molar-refractivity contribution is 6.05. The number of hydrogen-bond donors (Lipinski definition) is 1. The Morgan fingerprint density at radius 3 is 2.85 bits per heavy atom. The van der Waals surface area contributed by atoms with Gasteiger partial charge in [0.05, 0.1) is 17.6 Å². The highest BCUT2D eigenvalue weighted by atomic mass is 16.2. The first-order valence-electron chi connectivity index (χ1n) is 6.33. The molecule has 5 heteroatoms. The van der Waals surface area contributed by atoms with Crippen LogP contribution in [-0.4, -0.2) is 32.8 Å². The number of imidazole rings is 1. The number of benzene rings is 1. The van der Waals surface area contributed by atoms with Crippen molar-refractivity contribution in [1.82, 2.24) is 19.9 Å². The van der Waals surface area contributed by atoms with E-state index in [9.17, 15) is 4.79 Å². The van der Waals surface area contributed by atoms with Crippen molar-refractivity contribution < 1.29 is 4.79 Å². The number of rotatable bonds is 3. The number of nitrogens with one attached hydrogen (secondary N) is 1. The van der Waals surface area contributed by atoms with Crippen molar-refractivity contribution in [3.8, 4) is 0 Å². The number of pyridine rings is 1. The van der Waals surface area contributed by atoms with Crippen LogP contribution in [0.3, 0.4) is 0 Å². The van der Waals surface area contributed by atoms with E-state index in [-0.39, 0.29) is 5.91 Å². The maximum absolute atomic E-state index is 12.5. The van der Waals surface area contributed by atoms with Gasteiger partial charge < -0.3 is 9.88 Å². The minimum Gasteiger partial charge on any atom is -0.347 e. The van der Waals surface area contributed by atoms with E-state index in [1.54, 1.807) is 36.6 Å². The van der Waals surface area contributed by atoms with Crippen molar-refractivity contribution in [2.24, 2.45) is 0 Å². The molecule has 2 aromatic heterocycles. The highest BCUT2D eigenvalue weighted by Gasteiger charge is 2.16. The summed E-state index contributed by atoms with van der Waals surface area (Å²) in [5, 5.41) is 0.963. The standard InChI is InChI=1S/C15H14N4O/c1-19(10-13-16-8-9-17-13)15(20)12-6-2-4-11-5-3-7-18-14(11)12/h2-9H,10H2,1H3,(H,16,17). The van der Waals surface area contributed by atoms with E-state index in [1.807, 2.05) is 24.3 Å². The Hall–Kier alpha value is -2.69. The molecular weight excluding hydrogens is 252 g/mol. The number of aromatic amines is 1. The molecule has 2 heterocycles. The van der Waals surface area contributed by atoms with E-state index in [1.165, 1.54) is 0 Å². The second-order valence-corrected chi connectivity index (χ2v) is 4.58. The monoisotopic (exact) mass is 266 g/mol. The third kappa shape index (κ3) is 2.25. The fourth-order valence-electron chi connectivity index (χ4n) is 2.16. The van der Waals surface area contributed by atoms with Crippen LogP contribution < -0.4 is 0 Å². The molecule has 1 amide bonds. The third-order valence-corrected chi connectivity index (χ3v) is 3.15. The molecule has 3 rings (SSSR count). The lowest BCUT2D eigenvalue weighted by atomic mass is 10.1. The molecule has 0 aliphatic heterocycles. The van der Waals surface area contributed by atoms with Gasteiger partial charge in [0.1, 0.15) is 5.82 Å². The molecule has 0 bridgehead atoms. The van der Waals surface area contributed by atoms with Crippen molar-refractivity contribution >= 4 is 16.8 Å². The lowest BCUT2D eigenvalue weighted by Gasteiger charge is -2.16. The van der Waals surface area contributed by atoms with Gasteiger partial charge in [0.25, 0.3) is 5.91 Å². The smallest absolute Gasteiger partial charge is 0.256 e. The van der Waals surface area contributed by atoms with Crippen LogP contribution in [0.25, 0.3) is 10.9 Å². The lowest BCUT2D eigenvalue weighted by Crippen LogP contribution is -2.27. The van der Waals surface area contributed by atoms with Crippen LogP contribution >= 0.6 is 0 Å². The Labute approximate surface area is 116 Å². The van der Waals surface area contributed by atoms with Gasteiger partial charge in [-0.2, -0.15) is 0 Å². The fourth-order valence-corrected chi connectivity index (χ4v) is 2.16. The minimum atomic E-state index is -0.0642. The molecule has 1 N–H and O–H groups in total. The average molecular weight is 266 g/mol. The van der Waals surface area contributed by atoms with Gasteiger partial charge in [0, 0.05) is 31.0 Å². The zero-order chi connectivity index (χ0) is 13.9. The molecule has 0 spiro atoms. The number of carbonyl (C=O) groups excluding carboxylic acids is 1. The third-order valence-electron chi connectivity index (χ3n) is 3.15. The van der Waals surface area contributed by atoms with E-state index in [0.717, 1.165) is 16.7 Å². The molecule has 0 fully saturated rings. The normalized spacial score (nSPS) is 10.7. The SMILES string of the molecule is CN(Cc1ncc[nH]1)C(=O)c1cccc2cccnc12. The number of fused-ring (bicyclic) bond motifs is 1. The summed E-state index contributed by atoms with van der Waals surface area (Å²) in [6.45, 7) is 0.440. The van der Waals surface area contributed by atoms with Crippen molar-refractivity contribution in [2.75, 3.05) is 7.05 Å². The molecule has 5 nitrogen and oxygen atoms in total. The number of para-hydroxylation sites is 1. The van der Waals surface area contributed by atoms with Crippen LogP contribution in [0.2, 0.25) is 0 Å². The van der Waals surface area contributed by atoms with Crippen molar-refractivity contribution in [2.45, 2.75) is 6.54 Å². The first-order valence-corrected chi connectivity index (χ1v) is 6.33. The van der Waals surface area contributed by atoms with Gasteiger partial charge in [-0.1, -0.05) is 18.2 Å². The van der Waals surface area contributed by atoms with Crippen LogP contribution in [0.15, 0.2) is 48.9 Å². The Bertz CT molecular complexity index is 731. The van der Waals surface area contributed by atoms with E-state index < -0.39 is 0 Å². The number of carbonyl (C=O) groups is 1. The summed E-state index contributed by atoms with van der Waals surface area (Å²) in [6.07, 6.45) is 5.12. The predicted octanol–water partition coefficient (Wildman–Crippen LogP) is 2.23. The van der Waals surface area contributed by atoms with Crippen LogP contribution in [0, 0.1) is 0 Å². The van der Waals surface area contributed by atoms with Crippen LogP contribution in [0.5, 0.6) is 0 Å². The molecule has 0 unspecified atom stereocenters. The number of amides is 1. The van der Waals surface area contributed by atoms with Crippen molar-refractivity contribution in [1.29, 1.82) is 0 Å². The van der Waals surface area contributed by atoms with Crippen molar-refractivity contribution in [3.05, 3.63) is 60.3 Å².